The summed E-state index contributed by atoms with van der Waals surface area (Å²) in [4.78, 5) is 14.6. The molecule has 0 spiro atoms. The van der Waals surface area contributed by atoms with Gasteiger partial charge in [0.25, 0.3) is 5.69 Å². The number of aromatic nitrogens is 1. The minimum atomic E-state index is -0.430. The summed E-state index contributed by atoms with van der Waals surface area (Å²) in [5.74, 6) is 0.200. The molecule has 0 amide bonds. The minimum absolute atomic E-state index is 0.0579. The van der Waals surface area contributed by atoms with Crippen LogP contribution in [0.2, 0.25) is 0 Å². The number of nitrogens with zero attached hydrogens (tertiary/aromatic N) is 2. The lowest BCUT2D eigenvalue weighted by atomic mass is 10.2. The van der Waals surface area contributed by atoms with Gasteiger partial charge in [-0.3, -0.25) is 10.1 Å². The van der Waals surface area contributed by atoms with Gasteiger partial charge in [-0.1, -0.05) is 0 Å². The zero-order valence-corrected chi connectivity index (χ0v) is 10.4. The summed E-state index contributed by atoms with van der Waals surface area (Å²) in [5.41, 5.74) is 1.69. The fourth-order valence-corrected chi connectivity index (χ4v) is 2.77. The molecule has 3 rings (SSSR count). The van der Waals surface area contributed by atoms with Crippen LogP contribution in [-0.4, -0.2) is 15.0 Å². The van der Waals surface area contributed by atoms with Crippen molar-refractivity contribution in [1.82, 2.24) is 4.98 Å². The second-order valence-electron chi connectivity index (χ2n) is 3.98. The van der Waals surface area contributed by atoms with E-state index in [0.29, 0.717) is 0 Å². The molecule has 0 saturated heterocycles. The highest BCUT2D eigenvalue weighted by Crippen LogP contribution is 2.32. The Labute approximate surface area is 111 Å². The Hall–Kier alpha value is -2.47. The van der Waals surface area contributed by atoms with Gasteiger partial charge >= 0.3 is 0 Å². The molecule has 6 heteroatoms. The molecule has 1 aromatic heterocycles. The van der Waals surface area contributed by atoms with Gasteiger partial charge in [0.2, 0.25) is 0 Å². The van der Waals surface area contributed by atoms with Crippen molar-refractivity contribution in [2.24, 2.45) is 0 Å². The fourth-order valence-electron chi connectivity index (χ4n) is 1.76. The molecular formula is C13H8N2O3S. The number of fused-ring (bicyclic) bond motifs is 1. The van der Waals surface area contributed by atoms with Crippen LogP contribution < -0.4 is 0 Å². The summed E-state index contributed by atoms with van der Waals surface area (Å²) in [6.07, 6.45) is 0. The van der Waals surface area contributed by atoms with Gasteiger partial charge in [-0.15, -0.1) is 11.3 Å². The second-order valence-corrected chi connectivity index (χ2v) is 5.01. The lowest BCUT2D eigenvalue weighted by Crippen LogP contribution is -1.86. The maximum atomic E-state index is 10.6. The Balaban J connectivity index is 2.06. The van der Waals surface area contributed by atoms with Crippen LogP contribution in [0.25, 0.3) is 20.8 Å². The van der Waals surface area contributed by atoms with E-state index < -0.39 is 4.92 Å². The number of phenolic OH excluding ortho intramolecular Hbond substituents is 1. The van der Waals surface area contributed by atoms with E-state index in [0.717, 1.165) is 20.8 Å². The van der Waals surface area contributed by atoms with Crippen molar-refractivity contribution in [3.8, 4) is 16.3 Å². The third-order valence-corrected chi connectivity index (χ3v) is 3.76. The summed E-state index contributed by atoms with van der Waals surface area (Å²) in [5, 5.41) is 20.8. The van der Waals surface area contributed by atoms with Crippen molar-refractivity contribution in [1.29, 1.82) is 0 Å². The summed E-state index contributed by atoms with van der Waals surface area (Å²) in [6.45, 7) is 0. The SMILES string of the molecule is O=[N+]([O-])c1ccc(-c2nc3ccc(O)cc3s2)cc1. The molecule has 0 aliphatic heterocycles. The first-order valence-corrected chi connectivity index (χ1v) is 6.29. The van der Waals surface area contributed by atoms with Crippen molar-refractivity contribution in [3.63, 3.8) is 0 Å². The van der Waals surface area contributed by atoms with Gasteiger partial charge in [0.15, 0.2) is 0 Å². The zero-order chi connectivity index (χ0) is 13.4. The first-order valence-electron chi connectivity index (χ1n) is 5.48. The van der Waals surface area contributed by atoms with Gasteiger partial charge in [-0.05, 0) is 30.3 Å². The third kappa shape index (κ3) is 2.13. The number of phenols is 1. The van der Waals surface area contributed by atoms with Crippen molar-refractivity contribution in [3.05, 3.63) is 52.6 Å². The van der Waals surface area contributed by atoms with Gasteiger partial charge < -0.3 is 5.11 Å². The van der Waals surface area contributed by atoms with Gasteiger partial charge in [-0.2, -0.15) is 0 Å². The Morgan fingerprint density at radius 2 is 1.89 bits per heavy atom. The molecule has 3 aromatic rings. The molecule has 2 aromatic carbocycles. The molecule has 0 aliphatic carbocycles. The molecule has 0 fully saturated rings. The molecule has 0 atom stereocenters. The van der Waals surface area contributed by atoms with Crippen LogP contribution in [0.15, 0.2) is 42.5 Å². The monoisotopic (exact) mass is 272 g/mol. The Bertz CT molecular complexity index is 765. The zero-order valence-electron chi connectivity index (χ0n) is 9.61. The molecule has 0 radical (unpaired) electrons. The van der Waals surface area contributed by atoms with E-state index in [1.165, 1.54) is 23.5 Å². The molecule has 0 bridgehead atoms. The summed E-state index contributed by atoms with van der Waals surface area (Å²) >= 11 is 1.44. The number of hydrogen-bond acceptors (Lipinski definition) is 5. The molecule has 0 aliphatic rings. The van der Waals surface area contributed by atoms with E-state index in [9.17, 15) is 15.2 Å². The highest BCUT2D eigenvalue weighted by molar-refractivity contribution is 7.21. The number of non-ortho nitro benzene ring substituents is 1. The van der Waals surface area contributed by atoms with Crippen LogP contribution in [0.5, 0.6) is 5.75 Å². The maximum absolute atomic E-state index is 10.6. The van der Waals surface area contributed by atoms with Crippen LogP contribution >= 0.6 is 11.3 Å². The van der Waals surface area contributed by atoms with E-state index in [-0.39, 0.29) is 11.4 Å². The number of thiazole rings is 1. The Morgan fingerprint density at radius 1 is 1.16 bits per heavy atom. The molecule has 19 heavy (non-hydrogen) atoms. The average Bonchev–Trinajstić information content (AvgIpc) is 2.81. The first-order chi connectivity index (χ1) is 9.13. The number of hydrogen-bond donors (Lipinski definition) is 1. The van der Waals surface area contributed by atoms with Gasteiger partial charge in [-0.25, -0.2) is 4.98 Å². The quantitative estimate of drug-likeness (QED) is 0.571. The van der Waals surface area contributed by atoms with Crippen LogP contribution in [0.1, 0.15) is 0 Å². The first kappa shape index (κ1) is 11.6. The Kier molecular flexibility index (Phi) is 2.64. The number of aromatic hydroxyl groups is 1. The number of nitro benzene ring substituents is 1. The van der Waals surface area contributed by atoms with Crippen LogP contribution in [-0.2, 0) is 0 Å². The molecule has 5 nitrogen and oxygen atoms in total. The van der Waals surface area contributed by atoms with Crippen LogP contribution in [0.4, 0.5) is 5.69 Å². The van der Waals surface area contributed by atoms with Crippen molar-refractivity contribution in [2.45, 2.75) is 0 Å². The van der Waals surface area contributed by atoms with Crippen LogP contribution in [0, 0.1) is 10.1 Å². The fraction of sp³-hybridized carbons (Fsp3) is 0. The van der Waals surface area contributed by atoms with Crippen molar-refractivity contribution < 1.29 is 10.0 Å². The molecule has 0 unspecified atom stereocenters. The Morgan fingerprint density at radius 3 is 2.58 bits per heavy atom. The summed E-state index contributed by atoms with van der Waals surface area (Å²) < 4.78 is 0.883. The van der Waals surface area contributed by atoms with Gasteiger partial charge in [0.1, 0.15) is 10.8 Å². The predicted molar refractivity (Wildman–Crippen MR) is 73.4 cm³/mol. The maximum Gasteiger partial charge on any atom is 0.269 e. The average molecular weight is 272 g/mol. The normalized spacial score (nSPS) is 10.7. The van der Waals surface area contributed by atoms with Crippen molar-refractivity contribution >= 4 is 27.2 Å². The topological polar surface area (TPSA) is 76.3 Å². The molecular weight excluding hydrogens is 264 g/mol. The summed E-state index contributed by atoms with van der Waals surface area (Å²) in [6, 6.07) is 11.3. The van der Waals surface area contributed by atoms with Gasteiger partial charge in [0, 0.05) is 17.7 Å². The van der Waals surface area contributed by atoms with E-state index in [1.807, 2.05) is 0 Å². The predicted octanol–water partition coefficient (Wildman–Crippen LogP) is 3.58. The summed E-state index contributed by atoms with van der Waals surface area (Å²) in [7, 11) is 0. The van der Waals surface area contributed by atoms with Gasteiger partial charge in [0.05, 0.1) is 15.1 Å². The molecule has 1 N–H and O–H groups in total. The second kappa shape index (κ2) is 4.33. The third-order valence-electron chi connectivity index (χ3n) is 2.70. The lowest BCUT2D eigenvalue weighted by Gasteiger charge is -1.95. The highest BCUT2D eigenvalue weighted by Gasteiger charge is 2.09. The van der Waals surface area contributed by atoms with E-state index >= 15 is 0 Å². The van der Waals surface area contributed by atoms with Crippen molar-refractivity contribution in [2.75, 3.05) is 0 Å². The van der Waals surface area contributed by atoms with Crippen LogP contribution in [0.3, 0.4) is 0 Å². The largest absolute Gasteiger partial charge is 0.508 e. The lowest BCUT2D eigenvalue weighted by molar-refractivity contribution is -0.384. The number of rotatable bonds is 2. The van der Waals surface area contributed by atoms with E-state index in [4.69, 9.17) is 0 Å². The van der Waals surface area contributed by atoms with E-state index in [2.05, 4.69) is 4.98 Å². The highest BCUT2D eigenvalue weighted by atomic mass is 32.1. The smallest absolute Gasteiger partial charge is 0.269 e. The molecule has 94 valence electrons. The van der Waals surface area contributed by atoms with E-state index in [1.54, 1.807) is 30.3 Å². The number of nitro groups is 1. The standard InChI is InChI=1S/C13H8N2O3S/c16-10-5-6-11-12(7-10)19-13(14-11)8-1-3-9(4-2-8)15(17)18/h1-7,16H. The molecule has 0 saturated carbocycles. The molecule has 1 heterocycles. The number of benzene rings is 2. The minimum Gasteiger partial charge on any atom is -0.508 e.